The normalized spacial score (nSPS) is 10.2. The molecule has 0 aliphatic heterocycles. The van der Waals surface area contributed by atoms with Crippen LogP contribution < -0.4 is 5.32 Å². The van der Waals surface area contributed by atoms with Gasteiger partial charge in [0.1, 0.15) is 16.9 Å². The first kappa shape index (κ1) is 16.7. The van der Waals surface area contributed by atoms with Crippen molar-refractivity contribution in [1.82, 2.24) is 15.2 Å². The summed E-state index contributed by atoms with van der Waals surface area (Å²) in [6, 6.07) is 10.5. The lowest BCUT2D eigenvalue weighted by Crippen LogP contribution is -1.95. The first-order valence-corrected chi connectivity index (χ1v) is 8.28. The average molecular weight is 374 g/mol. The van der Waals surface area contributed by atoms with Crippen molar-refractivity contribution in [3.63, 3.8) is 0 Å². The Morgan fingerprint density at radius 2 is 2.08 bits per heavy atom. The number of hydrogen-bond donors (Lipinski definition) is 1. The molecule has 1 aromatic carbocycles. The second-order valence-corrected chi connectivity index (χ2v) is 6.71. The summed E-state index contributed by atoms with van der Waals surface area (Å²) in [6.45, 7) is 0. The molecule has 2 aromatic heterocycles. The van der Waals surface area contributed by atoms with Gasteiger partial charge in [-0.1, -0.05) is 23.5 Å². The number of halogens is 1. The molecule has 25 heavy (non-hydrogen) atoms. The van der Waals surface area contributed by atoms with Crippen LogP contribution in [-0.2, 0) is 0 Å². The van der Waals surface area contributed by atoms with Crippen molar-refractivity contribution < 1.29 is 9.31 Å². The Morgan fingerprint density at radius 1 is 1.28 bits per heavy atom. The molecule has 0 aliphatic carbocycles. The van der Waals surface area contributed by atoms with Crippen molar-refractivity contribution in [2.24, 2.45) is 0 Å². The maximum Gasteiger partial charge on any atom is 0.305 e. The second kappa shape index (κ2) is 7.20. The number of nitro groups is 1. The van der Waals surface area contributed by atoms with Crippen molar-refractivity contribution in [2.45, 2.75) is 9.37 Å². The van der Waals surface area contributed by atoms with E-state index in [-0.39, 0.29) is 17.1 Å². The molecule has 0 bridgehead atoms. The standard InChI is InChI=1S/C14H7FN6O2S2/c15-8-3-1-2-4-9(8)18-13-19-20-14(25-13)24-12-6-5-11(21(22)23)10(7-16)17-12/h1-6H,(H,18,19). The van der Waals surface area contributed by atoms with Crippen LogP contribution in [0.15, 0.2) is 45.8 Å². The molecule has 11 heteroatoms. The number of nitriles is 1. The average Bonchev–Trinajstić information content (AvgIpc) is 3.03. The number of anilines is 2. The molecule has 0 radical (unpaired) electrons. The molecule has 8 nitrogen and oxygen atoms in total. The highest BCUT2D eigenvalue weighted by atomic mass is 32.2. The van der Waals surface area contributed by atoms with E-state index in [0.717, 1.165) is 23.1 Å². The lowest BCUT2D eigenvalue weighted by Gasteiger charge is -2.01. The minimum Gasteiger partial charge on any atom is -0.328 e. The van der Waals surface area contributed by atoms with Gasteiger partial charge in [-0.05, 0) is 30.0 Å². The van der Waals surface area contributed by atoms with Crippen molar-refractivity contribution in [3.8, 4) is 6.07 Å². The van der Waals surface area contributed by atoms with Gasteiger partial charge in [-0.15, -0.1) is 10.2 Å². The molecule has 0 amide bonds. The molecule has 1 N–H and O–H groups in total. The molecule has 2 heterocycles. The van der Waals surface area contributed by atoms with Gasteiger partial charge >= 0.3 is 5.69 Å². The first-order valence-electron chi connectivity index (χ1n) is 6.65. The molecule has 0 atom stereocenters. The van der Waals surface area contributed by atoms with Gasteiger partial charge < -0.3 is 5.32 Å². The van der Waals surface area contributed by atoms with E-state index in [4.69, 9.17) is 5.26 Å². The molecule has 124 valence electrons. The number of nitrogens with zero attached hydrogens (tertiary/aromatic N) is 5. The van der Waals surface area contributed by atoms with E-state index in [0.29, 0.717) is 14.5 Å². The van der Waals surface area contributed by atoms with E-state index < -0.39 is 10.7 Å². The fraction of sp³-hybridized carbons (Fsp3) is 0. The Balaban J connectivity index is 1.77. The fourth-order valence-electron chi connectivity index (χ4n) is 1.79. The molecule has 3 aromatic rings. The van der Waals surface area contributed by atoms with Gasteiger partial charge in [-0.3, -0.25) is 10.1 Å². The number of hydrogen-bond acceptors (Lipinski definition) is 9. The van der Waals surface area contributed by atoms with E-state index >= 15 is 0 Å². The number of aromatic nitrogens is 3. The SMILES string of the molecule is N#Cc1nc(Sc2nnc(Nc3ccccc3F)s2)ccc1[N+](=O)[O-]. The third-order valence-corrected chi connectivity index (χ3v) is 4.69. The fourth-order valence-corrected chi connectivity index (χ4v) is 3.47. The predicted octanol–water partition coefficient (Wildman–Crippen LogP) is 3.75. The highest BCUT2D eigenvalue weighted by Crippen LogP contribution is 2.33. The molecule has 0 aliphatic rings. The van der Waals surface area contributed by atoms with E-state index in [9.17, 15) is 14.5 Å². The van der Waals surface area contributed by atoms with Crippen LogP contribution in [0.3, 0.4) is 0 Å². The Labute approximate surface area is 148 Å². The zero-order valence-corrected chi connectivity index (χ0v) is 13.8. The summed E-state index contributed by atoms with van der Waals surface area (Å²) in [5.41, 5.74) is -0.356. The maximum absolute atomic E-state index is 13.6. The van der Waals surface area contributed by atoms with Gasteiger partial charge in [0.15, 0.2) is 4.34 Å². The largest absolute Gasteiger partial charge is 0.328 e. The lowest BCUT2D eigenvalue weighted by atomic mass is 10.3. The van der Waals surface area contributed by atoms with Gasteiger partial charge in [-0.2, -0.15) is 5.26 Å². The third-order valence-electron chi connectivity index (χ3n) is 2.86. The smallest absolute Gasteiger partial charge is 0.305 e. The van der Waals surface area contributed by atoms with Crippen molar-refractivity contribution >= 4 is 39.6 Å². The molecule has 0 fully saturated rings. The predicted molar refractivity (Wildman–Crippen MR) is 89.3 cm³/mol. The lowest BCUT2D eigenvalue weighted by molar-refractivity contribution is -0.385. The zero-order valence-electron chi connectivity index (χ0n) is 12.2. The monoisotopic (exact) mass is 374 g/mol. The maximum atomic E-state index is 13.6. The van der Waals surface area contributed by atoms with Gasteiger partial charge in [0, 0.05) is 6.07 Å². The van der Waals surface area contributed by atoms with Crippen molar-refractivity contribution in [3.05, 3.63) is 58.0 Å². The van der Waals surface area contributed by atoms with Crippen molar-refractivity contribution in [2.75, 3.05) is 5.32 Å². The van der Waals surface area contributed by atoms with Gasteiger partial charge in [0.2, 0.25) is 10.8 Å². The zero-order chi connectivity index (χ0) is 17.8. The quantitative estimate of drug-likeness (QED) is 0.530. The number of pyridine rings is 1. The summed E-state index contributed by atoms with van der Waals surface area (Å²) in [5, 5.41) is 31.2. The van der Waals surface area contributed by atoms with Crippen LogP contribution in [0.2, 0.25) is 0 Å². The van der Waals surface area contributed by atoms with Crippen LogP contribution in [0.5, 0.6) is 0 Å². The Morgan fingerprint density at radius 3 is 2.80 bits per heavy atom. The molecule has 0 saturated carbocycles. The number of benzene rings is 1. The molecular formula is C14H7FN6O2S2. The van der Waals surface area contributed by atoms with Crippen LogP contribution in [0.4, 0.5) is 20.9 Å². The molecule has 0 unspecified atom stereocenters. The first-order chi connectivity index (χ1) is 12.1. The van der Waals surface area contributed by atoms with Gasteiger partial charge in [0.05, 0.1) is 10.6 Å². The van der Waals surface area contributed by atoms with Crippen LogP contribution >= 0.6 is 23.1 Å². The molecule has 3 rings (SSSR count). The minimum absolute atomic E-state index is 0.274. The van der Waals surface area contributed by atoms with E-state index in [1.807, 2.05) is 0 Å². The highest BCUT2D eigenvalue weighted by Gasteiger charge is 2.17. The van der Waals surface area contributed by atoms with E-state index in [2.05, 4.69) is 20.5 Å². The molecule has 0 spiro atoms. The van der Waals surface area contributed by atoms with Crippen LogP contribution in [0.25, 0.3) is 0 Å². The Bertz CT molecular complexity index is 987. The van der Waals surface area contributed by atoms with E-state index in [1.54, 1.807) is 24.3 Å². The van der Waals surface area contributed by atoms with Crippen LogP contribution in [-0.4, -0.2) is 20.1 Å². The van der Waals surface area contributed by atoms with Crippen LogP contribution in [0, 0.1) is 27.3 Å². The second-order valence-electron chi connectivity index (χ2n) is 4.47. The summed E-state index contributed by atoms with van der Waals surface area (Å²) in [5.74, 6) is -0.414. The van der Waals surface area contributed by atoms with Crippen LogP contribution in [0.1, 0.15) is 5.69 Å². The van der Waals surface area contributed by atoms with Gasteiger partial charge in [-0.25, -0.2) is 9.37 Å². The Hall–Kier alpha value is -3.10. The molecular weight excluding hydrogens is 367 g/mol. The Kier molecular flexibility index (Phi) is 4.82. The highest BCUT2D eigenvalue weighted by molar-refractivity contribution is 8.01. The topological polar surface area (TPSA) is 118 Å². The number of para-hydroxylation sites is 1. The summed E-state index contributed by atoms with van der Waals surface area (Å²) in [4.78, 5) is 14.1. The third kappa shape index (κ3) is 3.87. The minimum atomic E-state index is -0.665. The van der Waals surface area contributed by atoms with Gasteiger partial charge in [0.25, 0.3) is 0 Å². The summed E-state index contributed by atoms with van der Waals surface area (Å²) in [7, 11) is 0. The number of rotatable bonds is 5. The summed E-state index contributed by atoms with van der Waals surface area (Å²) >= 11 is 2.26. The summed E-state index contributed by atoms with van der Waals surface area (Å²) < 4.78 is 14.1. The van der Waals surface area contributed by atoms with Crippen molar-refractivity contribution in [1.29, 1.82) is 5.26 Å². The number of nitrogens with one attached hydrogen (secondary N) is 1. The molecule has 0 saturated heterocycles. The van der Waals surface area contributed by atoms with E-state index in [1.165, 1.54) is 18.2 Å². The summed E-state index contributed by atoms with van der Waals surface area (Å²) in [6.07, 6.45) is 0.